The Morgan fingerprint density at radius 3 is 2.96 bits per heavy atom. The second-order valence-corrected chi connectivity index (χ2v) is 6.70. The van der Waals surface area contributed by atoms with Crippen LogP contribution >= 0.6 is 0 Å². The molecule has 1 amide bonds. The summed E-state index contributed by atoms with van der Waals surface area (Å²) in [5.41, 5.74) is 1.90. The van der Waals surface area contributed by atoms with E-state index in [2.05, 4.69) is 21.9 Å². The van der Waals surface area contributed by atoms with E-state index in [9.17, 15) is 4.79 Å². The lowest BCUT2D eigenvalue weighted by Gasteiger charge is -2.06. The maximum atomic E-state index is 12.3. The van der Waals surface area contributed by atoms with Crippen LogP contribution in [-0.4, -0.2) is 23.7 Å². The molecule has 2 atom stereocenters. The van der Waals surface area contributed by atoms with Gasteiger partial charge in [0.1, 0.15) is 5.76 Å². The summed E-state index contributed by atoms with van der Waals surface area (Å²) in [6.07, 6.45) is 3.92. The first-order valence-electron chi connectivity index (χ1n) is 8.27. The molecule has 120 valence electrons. The number of aryl methyl sites for hydroxylation is 1. The van der Waals surface area contributed by atoms with Crippen molar-refractivity contribution in [2.45, 2.75) is 38.1 Å². The number of nitrogens with zero attached hydrogens (tertiary/aromatic N) is 1. The predicted molar refractivity (Wildman–Crippen MR) is 87.5 cm³/mol. The fraction of sp³-hybridized carbons (Fsp3) is 0.444. The second kappa shape index (κ2) is 5.81. The summed E-state index contributed by atoms with van der Waals surface area (Å²) in [7, 11) is 0. The summed E-state index contributed by atoms with van der Waals surface area (Å²) < 4.78 is 4.97. The average Bonchev–Trinajstić information content (AvgIpc) is 3.45. The van der Waals surface area contributed by atoms with Crippen molar-refractivity contribution < 1.29 is 9.32 Å². The zero-order chi connectivity index (χ0) is 15.8. The number of carbonyl (C=O) groups is 1. The van der Waals surface area contributed by atoms with E-state index in [1.807, 2.05) is 18.2 Å². The summed E-state index contributed by atoms with van der Waals surface area (Å²) in [5, 5.41) is 10.2. The van der Waals surface area contributed by atoms with Crippen molar-refractivity contribution in [3.05, 3.63) is 47.2 Å². The van der Waals surface area contributed by atoms with Crippen molar-refractivity contribution in [3.8, 4) is 0 Å². The molecule has 0 spiro atoms. The van der Waals surface area contributed by atoms with Gasteiger partial charge in [0, 0.05) is 23.6 Å². The minimum absolute atomic E-state index is 0.150. The molecule has 2 aliphatic rings. The molecule has 23 heavy (non-hydrogen) atoms. The van der Waals surface area contributed by atoms with Gasteiger partial charge in [0.05, 0.1) is 0 Å². The first-order valence-corrected chi connectivity index (χ1v) is 8.27. The number of amides is 1. The van der Waals surface area contributed by atoms with Crippen molar-refractivity contribution in [3.63, 3.8) is 0 Å². The van der Waals surface area contributed by atoms with E-state index in [1.54, 1.807) is 13.0 Å². The fourth-order valence-electron chi connectivity index (χ4n) is 2.95. The molecule has 5 heteroatoms. The molecule has 0 bridgehead atoms. The largest absolute Gasteiger partial charge is 0.360 e. The lowest BCUT2D eigenvalue weighted by molar-refractivity contribution is 0.102. The smallest absolute Gasteiger partial charge is 0.256 e. The molecule has 1 aromatic heterocycles. The lowest BCUT2D eigenvalue weighted by atomic mass is 10.1. The molecular formula is C18H21N3O2. The molecule has 2 N–H and O–H groups in total. The molecule has 4 rings (SSSR count). The van der Waals surface area contributed by atoms with Gasteiger partial charge in [-0.15, -0.1) is 0 Å². The van der Waals surface area contributed by atoms with Crippen LogP contribution in [0.2, 0.25) is 0 Å². The van der Waals surface area contributed by atoms with Gasteiger partial charge < -0.3 is 15.2 Å². The Balaban J connectivity index is 1.39. The zero-order valence-corrected chi connectivity index (χ0v) is 13.2. The Bertz CT molecular complexity index is 721. The van der Waals surface area contributed by atoms with E-state index in [1.165, 1.54) is 24.8 Å². The van der Waals surface area contributed by atoms with Crippen LogP contribution in [0.4, 0.5) is 5.82 Å². The van der Waals surface area contributed by atoms with Crippen LogP contribution < -0.4 is 10.6 Å². The standard InChI is InChI=1S/C18H21N3O2/c1-11-7-17(21-23-11)20-18(22)14-4-2-3-13(8-14)15-9-16(15)19-10-12-5-6-12/h2-4,7-8,12,15-16,19H,5-6,9-10H2,1H3,(H,20,21,22)/t15-,16+/m0/s1. The van der Waals surface area contributed by atoms with Crippen molar-refractivity contribution in [1.29, 1.82) is 0 Å². The van der Waals surface area contributed by atoms with Crippen LogP contribution in [-0.2, 0) is 0 Å². The van der Waals surface area contributed by atoms with Crippen LogP contribution in [0.3, 0.4) is 0 Å². The van der Waals surface area contributed by atoms with Gasteiger partial charge in [0.15, 0.2) is 5.82 Å². The van der Waals surface area contributed by atoms with E-state index in [-0.39, 0.29) is 5.91 Å². The minimum Gasteiger partial charge on any atom is -0.360 e. The Morgan fingerprint density at radius 2 is 2.22 bits per heavy atom. The molecule has 5 nitrogen and oxygen atoms in total. The van der Waals surface area contributed by atoms with Crippen LogP contribution in [0.25, 0.3) is 0 Å². The first-order chi connectivity index (χ1) is 11.2. The van der Waals surface area contributed by atoms with E-state index >= 15 is 0 Å². The Hall–Kier alpha value is -2.14. The highest BCUT2D eigenvalue weighted by atomic mass is 16.5. The molecular weight excluding hydrogens is 290 g/mol. The van der Waals surface area contributed by atoms with E-state index in [4.69, 9.17) is 4.52 Å². The number of hydrogen-bond donors (Lipinski definition) is 2. The van der Waals surface area contributed by atoms with Gasteiger partial charge in [-0.05, 0) is 56.3 Å². The number of rotatable bonds is 6. The van der Waals surface area contributed by atoms with Crippen molar-refractivity contribution in [2.24, 2.45) is 5.92 Å². The number of hydrogen-bond acceptors (Lipinski definition) is 4. The van der Waals surface area contributed by atoms with Crippen molar-refractivity contribution >= 4 is 11.7 Å². The Labute approximate surface area is 135 Å². The lowest BCUT2D eigenvalue weighted by Crippen LogP contribution is -2.20. The predicted octanol–water partition coefficient (Wildman–Crippen LogP) is 3.09. The maximum Gasteiger partial charge on any atom is 0.256 e. The third-order valence-electron chi connectivity index (χ3n) is 4.60. The normalized spacial score (nSPS) is 22.8. The molecule has 2 aromatic rings. The molecule has 1 heterocycles. The zero-order valence-electron chi connectivity index (χ0n) is 13.2. The van der Waals surface area contributed by atoms with E-state index in [0.717, 1.165) is 12.5 Å². The molecule has 2 saturated carbocycles. The van der Waals surface area contributed by atoms with Gasteiger partial charge in [-0.3, -0.25) is 4.79 Å². The number of aromatic nitrogens is 1. The molecule has 2 fully saturated rings. The second-order valence-electron chi connectivity index (χ2n) is 6.70. The van der Waals surface area contributed by atoms with E-state index < -0.39 is 0 Å². The van der Waals surface area contributed by atoms with Crippen LogP contribution in [0.5, 0.6) is 0 Å². The third kappa shape index (κ3) is 3.45. The topological polar surface area (TPSA) is 67.2 Å². The quantitative estimate of drug-likeness (QED) is 0.860. The highest BCUT2D eigenvalue weighted by Crippen LogP contribution is 2.41. The van der Waals surface area contributed by atoms with Crippen molar-refractivity contribution in [1.82, 2.24) is 10.5 Å². The Kier molecular flexibility index (Phi) is 3.65. The van der Waals surface area contributed by atoms with E-state index in [0.29, 0.717) is 29.1 Å². The van der Waals surface area contributed by atoms with Crippen molar-refractivity contribution in [2.75, 3.05) is 11.9 Å². The summed E-state index contributed by atoms with van der Waals surface area (Å²) >= 11 is 0. The highest BCUT2D eigenvalue weighted by Gasteiger charge is 2.39. The number of nitrogens with one attached hydrogen (secondary N) is 2. The summed E-state index contributed by atoms with van der Waals surface area (Å²) in [5.74, 6) is 2.42. The Morgan fingerprint density at radius 1 is 1.35 bits per heavy atom. The van der Waals surface area contributed by atoms with Crippen LogP contribution in [0, 0.1) is 12.8 Å². The minimum atomic E-state index is -0.150. The molecule has 0 radical (unpaired) electrons. The van der Waals surface area contributed by atoms with Gasteiger partial charge in [0.25, 0.3) is 5.91 Å². The maximum absolute atomic E-state index is 12.3. The third-order valence-corrected chi connectivity index (χ3v) is 4.60. The van der Waals surface area contributed by atoms with Gasteiger partial charge in [-0.25, -0.2) is 0 Å². The molecule has 0 aliphatic heterocycles. The van der Waals surface area contributed by atoms with Crippen LogP contribution in [0.1, 0.15) is 46.9 Å². The monoisotopic (exact) mass is 311 g/mol. The summed E-state index contributed by atoms with van der Waals surface area (Å²) in [4.78, 5) is 12.3. The van der Waals surface area contributed by atoms with Gasteiger partial charge >= 0.3 is 0 Å². The van der Waals surface area contributed by atoms with Crippen LogP contribution in [0.15, 0.2) is 34.9 Å². The molecule has 1 aromatic carbocycles. The number of anilines is 1. The summed E-state index contributed by atoms with van der Waals surface area (Å²) in [6, 6.07) is 10.2. The SMILES string of the molecule is Cc1cc(NC(=O)c2cccc([C@@H]3C[C@H]3NCC3CC3)c2)no1. The van der Waals surface area contributed by atoms with Gasteiger partial charge in [-0.1, -0.05) is 17.3 Å². The highest BCUT2D eigenvalue weighted by molar-refractivity contribution is 6.03. The van der Waals surface area contributed by atoms with Gasteiger partial charge in [-0.2, -0.15) is 0 Å². The summed E-state index contributed by atoms with van der Waals surface area (Å²) in [6.45, 7) is 2.94. The van der Waals surface area contributed by atoms with Gasteiger partial charge in [0.2, 0.25) is 0 Å². The average molecular weight is 311 g/mol. The molecule has 0 unspecified atom stereocenters. The number of benzene rings is 1. The first kappa shape index (κ1) is 14.5. The fourth-order valence-corrected chi connectivity index (χ4v) is 2.95. The molecule has 0 saturated heterocycles. The molecule has 2 aliphatic carbocycles. The number of carbonyl (C=O) groups excluding carboxylic acids is 1.